The van der Waals surface area contributed by atoms with Crippen molar-refractivity contribution in [3.8, 4) is 0 Å². The Hall–Kier alpha value is -2.13. The predicted octanol–water partition coefficient (Wildman–Crippen LogP) is 0.871. The number of nitrogen functional groups attached to an aromatic ring is 1. The van der Waals surface area contributed by atoms with Crippen molar-refractivity contribution in [1.82, 2.24) is 19.9 Å². The van der Waals surface area contributed by atoms with E-state index in [1.54, 1.807) is 13.1 Å². The second-order valence-electron chi connectivity index (χ2n) is 3.97. The zero-order valence-electron chi connectivity index (χ0n) is 11.7. The summed E-state index contributed by atoms with van der Waals surface area (Å²) >= 11 is 1.20. The summed E-state index contributed by atoms with van der Waals surface area (Å²) in [5.41, 5.74) is 5.25. The highest BCUT2D eigenvalue weighted by molar-refractivity contribution is 7.99. The molecule has 2 heterocycles. The van der Waals surface area contributed by atoms with E-state index in [4.69, 9.17) is 10.5 Å². The van der Waals surface area contributed by atoms with E-state index < -0.39 is 0 Å². The first-order valence-corrected chi connectivity index (χ1v) is 7.10. The van der Waals surface area contributed by atoms with Gasteiger partial charge in [0.15, 0.2) is 11.0 Å². The van der Waals surface area contributed by atoms with Gasteiger partial charge < -0.3 is 20.8 Å². The second kappa shape index (κ2) is 7.04. The van der Waals surface area contributed by atoms with Gasteiger partial charge in [0.2, 0.25) is 0 Å². The van der Waals surface area contributed by atoms with Crippen LogP contribution in [0.1, 0.15) is 12.7 Å². The van der Waals surface area contributed by atoms with E-state index in [1.807, 2.05) is 6.92 Å². The summed E-state index contributed by atoms with van der Waals surface area (Å²) in [5.74, 6) is 1.38. The molecular formula is C12H16N6O2S. The molecule has 2 aromatic heterocycles. The Morgan fingerprint density at radius 2 is 2.19 bits per heavy atom. The molecule has 8 nitrogen and oxygen atoms in total. The monoisotopic (exact) mass is 308 g/mol. The van der Waals surface area contributed by atoms with Crippen molar-refractivity contribution in [3.63, 3.8) is 0 Å². The Labute approximate surface area is 125 Å². The van der Waals surface area contributed by atoms with Crippen LogP contribution in [0.2, 0.25) is 0 Å². The molecule has 0 aliphatic heterocycles. The van der Waals surface area contributed by atoms with Crippen LogP contribution >= 0.6 is 11.8 Å². The molecule has 0 unspecified atom stereocenters. The number of nitrogens with two attached hydrogens (primary N) is 1. The normalized spacial score (nSPS) is 10.6. The van der Waals surface area contributed by atoms with Gasteiger partial charge in [0, 0.05) is 25.8 Å². The van der Waals surface area contributed by atoms with Crippen molar-refractivity contribution in [2.75, 3.05) is 24.7 Å². The number of rotatable bonds is 6. The Bertz CT molecular complexity index is 675. The molecule has 0 amide bonds. The molecule has 0 aromatic carbocycles. The van der Waals surface area contributed by atoms with Gasteiger partial charge in [-0.25, -0.2) is 15.0 Å². The fraction of sp³-hybridized carbons (Fsp3) is 0.333. The highest BCUT2D eigenvalue weighted by atomic mass is 32.2. The maximum absolute atomic E-state index is 11.4. The van der Waals surface area contributed by atoms with Crippen molar-refractivity contribution >= 4 is 23.4 Å². The molecule has 0 aliphatic rings. The third kappa shape index (κ3) is 4.43. The quantitative estimate of drug-likeness (QED) is 0.531. The molecule has 0 spiro atoms. The van der Waals surface area contributed by atoms with Crippen LogP contribution in [0, 0.1) is 0 Å². The lowest BCUT2D eigenvalue weighted by Gasteiger charge is -2.07. The minimum atomic E-state index is -0.303. The van der Waals surface area contributed by atoms with E-state index in [1.165, 1.54) is 17.8 Å². The third-order valence-electron chi connectivity index (χ3n) is 2.38. The van der Waals surface area contributed by atoms with Crippen LogP contribution in [-0.4, -0.2) is 33.6 Å². The van der Waals surface area contributed by atoms with Crippen LogP contribution in [0.3, 0.4) is 0 Å². The lowest BCUT2D eigenvalue weighted by atomic mass is 10.5. The van der Waals surface area contributed by atoms with Crippen LogP contribution in [0.4, 0.5) is 11.6 Å². The van der Waals surface area contributed by atoms with E-state index in [9.17, 15) is 4.79 Å². The predicted molar refractivity (Wildman–Crippen MR) is 80.3 cm³/mol. The Kier molecular flexibility index (Phi) is 5.12. The first-order chi connectivity index (χ1) is 10.1. The number of hydrogen-bond acceptors (Lipinski definition) is 8. The number of hydrogen-bond donors (Lipinski definition) is 3. The van der Waals surface area contributed by atoms with Crippen molar-refractivity contribution in [2.45, 2.75) is 23.7 Å². The molecule has 9 heteroatoms. The Morgan fingerprint density at radius 3 is 2.86 bits per heavy atom. The summed E-state index contributed by atoms with van der Waals surface area (Å²) < 4.78 is 5.31. The van der Waals surface area contributed by atoms with Crippen molar-refractivity contribution in [3.05, 3.63) is 28.3 Å². The Morgan fingerprint density at radius 1 is 1.38 bits per heavy atom. The van der Waals surface area contributed by atoms with Gasteiger partial charge in [-0.3, -0.25) is 4.79 Å². The van der Waals surface area contributed by atoms with Gasteiger partial charge in [-0.1, -0.05) is 0 Å². The SMILES string of the molecule is CCOCc1nc(NC)cc(Sc2nc(N)cc(=O)[nH]2)n1. The first kappa shape index (κ1) is 15.3. The number of aromatic nitrogens is 4. The topological polar surface area (TPSA) is 119 Å². The molecule has 21 heavy (non-hydrogen) atoms. The molecule has 112 valence electrons. The van der Waals surface area contributed by atoms with Crippen LogP contribution in [0.5, 0.6) is 0 Å². The highest BCUT2D eigenvalue weighted by Crippen LogP contribution is 2.24. The molecule has 0 atom stereocenters. The minimum absolute atomic E-state index is 0.165. The zero-order chi connectivity index (χ0) is 15.2. The average molecular weight is 308 g/mol. The summed E-state index contributed by atoms with van der Waals surface area (Å²) in [6, 6.07) is 2.98. The van der Waals surface area contributed by atoms with E-state index in [2.05, 4.69) is 25.3 Å². The number of anilines is 2. The standard InChI is InChI=1S/C12H16N6O2S/c1-3-20-6-9-16-8(14-2)5-11(17-9)21-12-15-7(13)4-10(19)18-12/h4-5H,3,6H2,1-2H3,(H,14,16,17)(H3,13,15,18,19). The summed E-state index contributed by atoms with van der Waals surface area (Å²) in [7, 11) is 1.77. The molecule has 0 bridgehead atoms. The molecule has 2 aromatic rings. The smallest absolute Gasteiger partial charge is 0.253 e. The van der Waals surface area contributed by atoms with E-state index >= 15 is 0 Å². The van der Waals surface area contributed by atoms with Gasteiger partial charge in [0.05, 0.1) is 0 Å². The highest BCUT2D eigenvalue weighted by Gasteiger charge is 2.08. The largest absolute Gasteiger partial charge is 0.383 e. The fourth-order valence-corrected chi connectivity index (χ4v) is 2.33. The number of ether oxygens (including phenoxy) is 1. The summed E-state index contributed by atoms with van der Waals surface area (Å²) in [4.78, 5) is 26.7. The maximum Gasteiger partial charge on any atom is 0.253 e. The molecule has 2 rings (SSSR count). The lowest BCUT2D eigenvalue weighted by Crippen LogP contribution is -2.09. The van der Waals surface area contributed by atoms with Crippen LogP contribution in [0.15, 0.2) is 27.1 Å². The van der Waals surface area contributed by atoms with Crippen molar-refractivity contribution in [2.24, 2.45) is 0 Å². The molecule has 0 saturated heterocycles. The molecule has 0 fully saturated rings. The summed E-state index contributed by atoms with van der Waals surface area (Å²) in [6.45, 7) is 2.80. The number of nitrogens with zero attached hydrogens (tertiary/aromatic N) is 3. The van der Waals surface area contributed by atoms with Gasteiger partial charge in [-0.05, 0) is 18.7 Å². The van der Waals surface area contributed by atoms with Gasteiger partial charge >= 0.3 is 0 Å². The molecule has 0 aliphatic carbocycles. The van der Waals surface area contributed by atoms with Gasteiger partial charge in [0.1, 0.15) is 23.3 Å². The summed E-state index contributed by atoms with van der Waals surface area (Å²) in [5, 5.41) is 3.97. The van der Waals surface area contributed by atoms with Crippen LogP contribution in [-0.2, 0) is 11.3 Å². The number of nitrogens with one attached hydrogen (secondary N) is 2. The van der Waals surface area contributed by atoms with Gasteiger partial charge in [-0.2, -0.15) is 0 Å². The van der Waals surface area contributed by atoms with Gasteiger partial charge in [0.25, 0.3) is 5.56 Å². The van der Waals surface area contributed by atoms with E-state index in [0.717, 1.165) is 0 Å². The molecule has 0 saturated carbocycles. The van der Waals surface area contributed by atoms with Crippen molar-refractivity contribution in [1.29, 1.82) is 0 Å². The van der Waals surface area contributed by atoms with E-state index in [0.29, 0.717) is 35.0 Å². The molecule has 4 N–H and O–H groups in total. The fourth-order valence-electron chi connectivity index (χ4n) is 1.51. The minimum Gasteiger partial charge on any atom is -0.383 e. The zero-order valence-corrected chi connectivity index (χ0v) is 12.5. The second-order valence-corrected chi connectivity index (χ2v) is 4.98. The molecule has 0 radical (unpaired) electrons. The number of H-pyrrole nitrogens is 1. The van der Waals surface area contributed by atoms with E-state index in [-0.39, 0.29) is 11.4 Å². The molecular weight excluding hydrogens is 292 g/mol. The lowest BCUT2D eigenvalue weighted by molar-refractivity contribution is 0.128. The van der Waals surface area contributed by atoms with Crippen LogP contribution < -0.4 is 16.6 Å². The third-order valence-corrected chi connectivity index (χ3v) is 3.19. The van der Waals surface area contributed by atoms with Gasteiger partial charge in [-0.15, -0.1) is 0 Å². The maximum atomic E-state index is 11.4. The van der Waals surface area contributed by atoms with Crippen LogP contribution in [0.25, 0.3) is 0 Å². The summed E-state index contributed by atoms with van der Waals surface area (Å²) in [6.07, 6.45) is 0. The number of aromatic amines is 1. The first-order valence-electron chi connectivity index (χ1n) is 6.29. The Balaban J connectivity index is 2.27. The van der Waals surface area contributed by atoms with Crippen molar-refractivity contribution < 1.29 is 4.74 Å². The average Bonchev–Trinajstić information content (AvgIpc) is 2.43.